The number of carbonyl (C=O) groups excluding carboxylic acids is 1. The minimum Gasteiger partial charge on any atom is -0.481 e. The summed E-state index contributed by atoms with van der Waals surface area (Å²) in [7, 11) is 0. The standard InChI is InChI=1S/C12H18N2O3S/c1-7(8(2)13)12(17)14-9(6-11(15)16)10-4-3-5-18-10/h3-5,7-9H,6,13H2,1-2H3,(H,14,17)(H,15,16). The highest BCUT2D eigenvalue weighted by Gasteiger charge is 2.23. The van der Waals surface area contributed by atoms with Crippen LogP contribution in [-0.4, -0.2) is 23.0 Å². The predicted octanol–water partition coefficient (Wildman–Crippen LogP) is 1.36. The zero-order valence-electron chi connectivity index (χ0n) is 10.4. The van der Waals surface area contributed by atoms with Crippen molar-refractivity contribution in [1.82, 2.24) is 5.32 Å². The van der Waals surface area contributed by atoms with Crippen LogP contribution in [0, 0.1) is 5.92 Å². The van der Waals surface area contributed by atoms with Crippen LogP contribution in [0.3, 0.4) is 0 Å². The second kappa shape index (κ2) is 6.51. The third-order valence-corrected chi connectivity index (χ3v) is 3.77. The summed E-state index contributed by atoms with van der Waals surface area (Å²) in [6, 6.07) is 2.89. The van der Waals surface area contributed by atoms with Gasteiger partial charge in [-0.15, -0.1) is 11.3 Å². The summed E-state index contributed by atoms with van der Waals surface area (Å²) in [5.41, 5.74) is 5.66. The van der Waals surface area contributed by atoms with Gasteiger partial charge in [0.2, 0.25) is 5.91 Å². The molecule has 0 fully saturated rings. The van der Waals surface area contributed by atoms with Gasteiger partial charge >= 0.3 is 5.97 Å². The quantitative estimate of drug-likeness (QED) is 0.727. The van der Waals surface area contributed by atoms with Crippen molar-refractivity contribution in [2.45, 2.75) is 32.4 Å². The highest BCUT2D eigenvalue weighted by molar-refractivity contribution is 7.10. The largest absolute Gasteiger partial charge is 0.481 e. The van der Waals surface area contributed by atoms with Crippen molar-refractivity contribution in [3.05, 3.63) is 22.4 Å². The Morgan fingerprint density at radius 2 is 2.17 bits per heavy atom. The lowest BCUT2D eigenvalue weighted by molar-refractivity contribution is -0.137. The summed E-state index contributed by atoms with van der Waals surface area (Å²) >= 11 is 1.43. The first kappa shape index (κ1) is 14.7. The van der Waals surface area contributed by atoms with E-state index >= 15 is 0 Å². The van der Waals surface area contributed by atoms with Crippen LogP contribution in [0.1, 0.15) is 31.2 Å². The van der Waals surface area contributed by atoms with E-state index in [-0.39, 0.29) is 24.3 Å². The van der Waals surface area contributed by atoms with Gasteiger partial charge in [-0.25, -0.2) is 0 Å². The van der Waals surface area contributed by atoms with Gasteiger partial charge in [-0.05, 0) is 18.4 Å². The normalized spacial score (nSPS) is 15.7. The Morgan fingerprint density at radius 3 is 2.61 bits per heavy atom. The molecule has 6 heteroatoms. The Kier molecular flexibility index (Phi) is 5.30. The zero-order valence-corrected chi connectivity index (χ0v) is 11.2. The molecule has 0 saturated heterocycles. The van der Waals surface area contributed by atoms with Gasteiger partial charge in [0.05, 0.1) is 12.5 Å². The van der Waals surface area contributed by atoms with Crippen LogP contribution in [-0.2, 0) is 9.59 Å². The molecule has 1 aromatic heterocycles. The highest BCUT2D eigenvalue weighted by atomic mass is 32.1. The SMILES string of the molecule is CC(N)C(C)C(=O)NC(CC(=O)O)c1cccs1. The van der Waals surface area contributed by atoms with Crippen molar-refractivity contribution in [1.29, 1.82) is 0 Å². The van der Waals surface area contributed by atoms with Gasteiger partial charge in [0, 0.05) is 16.8 Å². The number of nitrogens with two attached hydrogens (primary N) is 1. The first-order chi connectivity index (χ1) is 8.41. The zero-order chi connectivity index (χ0) is 13.7. The molecule has 4 N–H and O–H groups in total. The van der Waals surface area contributed by atoms with Gasteiger partial charge < -0.3 is 16.2 Å². The Hall–Kier alpha value is -1.40. The summed E-state index contributed by atoms with van der Waals surface area (Å²) in [6.45, 7) is 3.48. The monoisotopic (exact) mass is 270 g/mol. The third-order valence-electron chi connectivity index (χ3n) is 2.78. The van der Waals surface area contributed by atoms with E-state index in [1.807, 2.05) is 17.5 Å². The number of amides is 1. The van der Waals surface area contributed by atoms with E-state index in [0.29, 0.717) is 0 Å². The molecule has 0 radical (unpaired) electrons. The fraction of sp³-hybridized carbons (Fsp3) is 0.500. The molecule has 0 spiro atoms. The minimum absolute atomic E-state index is 0.127. The first-order valence-corrected chi connectivity index (χ1v) is 6.61. The lowest BCUT2D eigenvalue weighted by Gasteiger charge is -2.20. The van der Waals surface area contributed by atoms with Gasteiger partial charge in [-0.3, -0.25) is 9.59 Å². The number of carboxylic acid groups (broad SMARTS) is 1. The van der Waals surface area contributed by atoms with Gasteiger partial charge in [0.25, 0.3) is 0 Å². The highest BCUT2D eigenvalue weighted by Crippen LogP contribution is 2.22. The topological polar surface area (TPSA) is 92.4 Å². The molecule has 0 aliphatic heterocycles. The number of thiophene rings is 1. The Balaban J connectivity index is 2.74. The fourth-order valence-electron chi connectivity index (χ4n) is 1.43. The van der Waals surface area contributed by atoms with Gasteiger partial charge in [-0.2, -0.15) is 0 Å². The molecular weight excluding hydrogens is 252 g/mol. The maximum Gasteiger partial charge on any atom is 0.305 e. The van der Waals surface area contributed by atoms with E-state index in [0.717, 1.165) is 4.88 Å². The molecule has 1 rings (SSSR count). The molecule has 1 aromatic rings. The fourth-order valence-corrected chi connectivity index (χ4v) is 2.21. The summed E-state index contributed by atoms with van der Waals surface area (Å²) < 4.78 is 0. The van der Waals surface area contributed by atoms with Crippen LogP contribution < -0.4 is 11.1 Å². The summed E-state index contributed by atoms with van der Waals surface area (Å²) in [6.07, 6.45) is -0.127. The Bertz CT molecular complexity index is 403. The average Bonchev–Trinajstić information content (AvgIpc) is 2.79. The van der Waals surface area contributed by atoms with Crippen LogP contribution >= 0.6 is 11.3 Å². The molecule has 100 valence electrons. The second-order valence-corrected chi connectivity index (χ2v) is 5.30. The van der Waals surface area contributed by atoms with Crippen molar-refractivity contribution in [3.8, 4) is 0 Å². The van der Waals surface area contributed by atoms with Crippen molar-refractivity contribution >= 4 is 23.2 Å². The number of hydrogen-bond donors (Lipinski definition) is 3. The Labute approximate surface area is 110 Å². The average molecular weight is 270 g/mol. The molecule has 0 aliphatic carbocycles. The van der Waals surface area contributed by atoms with Crippen molar-refractivity contribution in [3.63, 3.8) is 0 Å². The van der Waals surface area contributed by atoms with Crippen molar-refractivity contribution in [2.24, 2.45) is 11.7 Å². The van der Waals surface area contributed by atoms with E-state index in [1.54, 1.807) is 13.8 Å². The van der Waals surface area contributed by atoms with Gasteiger partial charge in [-0.1, -0.05) is 13.0 Å². The summed E-state index contributed by atoms with van der Waals surface area (Å²) in [5.74, 6) is -1.51. The molecule has 18 heavy (non-hydrogen) atoms. The molecule has 3 atom stereocenters. The molecule has 3 unspecified atom stereocenters. The minimum atomic E-state index is -0.942. The summed E-state index contributed by atoms with van der Waals surface area (Å²) in [4.78, 5) is 23.5. The second-order valence-electron chi connectivity index (χ2n) is 4.32. The molecule has 0 aliphatic rings. The lowest BCUT2D eigenvalue weighted by atomic mass is 10.0. The van der Waals surface area contributed by atoms with Crippen molar-refractivity contribution in [2.75, 3.05) is 0 Å². The van der Waals surface area contributed by atoms with E-state index in [1.165, 1.54) is 11.3 Å². The smallest absolute Gasteiger partial charge is 0.305 e. The number of hydrogen-bond acceptors (Lipinski definition) is 4. The molecule has 5 nitrogen and oxygen atoms in total. The number of carbonyl (C=O) groups is 2. The lowest BCUT2D eigenvalue weighted by Crippen LogP contribution is -2.40. The molecular formula is C12H18N2O3S. The van der Waals surface area contributed by atoms with Crippen LogP contribution in [0.4, 0.5) is 0 Å². The predicted molar refractivity (Wildman–Crippen MR) is 70.3 cm³/mol. The van der Waals surface area contributed by atoms with Crippen LogP contribution in [0.25, 0.3) is 0 Å². The number of carboxylic acids is 1. The number of aliphatic carboxylic acids is 1. The number of nitrogens with one attached hydrogen (secondary N) is 1. The maximum atomic E-state index is 11.9. The van der Waals surface area contributed by atoms with Crippen LogP contribution in [0.2, 0.25) is 0 Å². The summed E-state index contributed by atoms with van der Waals surface area (Å²) in [5, 5.41) is 13.5. The molecule has 0 bridgehead atoms. The van der Waals surface area contributed by atoms with Crippen LogP contribution in [0.15, 0.2) is 17.5 Å². The van der Waals surface area contributed by atoms with E-state index in [4.69, 9.17) is 10.8 Å². The van der Waals surface area contributed by atoms with E-state index in [9.17, 15) is 9.59 Å². The van der Waals surface area contributed by atoms with Gasteiger partial charge in [0.15, 0.2) is 0 Å². The maximum absolute atomic E-state index is 11.9. The third kappa shape index (κ3) is 4.12. The molecule has 1 amide bonds. The number of rotatable bonds is 6. The molecule has 1 heterocycles. The molecule has 0 aromatic carbocycles. The first-order valence-electron chi connectivity index (χ1n) is 5.73. The van der Waals surface area contributed by atoms with Gasteiger partial charge in [0.1, 0.15) is 0 Å². The Morgan fingerprint density at radius 1 is 1.50 bits per heavy atom. The van der Waals surface area contributed by atoms with E-state index < -0.39 is 12.0 Å². The molecule has 0 saturated carbocycles. The van der Waals surface area contributed by atoms with Crippen molar-refractivity contribution < 1.29 is 14.7 Å². The van der Waals surface area contributed by atoms with E-state index in [2.05, 4.69) is 5.32 Å². The van der Waals surface area contributed by atoms with Crippen LogP contribution in [0.5, 0.6) is 0 Å².